The monoisotopic (exact) mass is 306 g/mol. The van der Waals surface area contributed by atoms with Crippen LogP contribution < -0.4 is 10.6 Å². The van der Waals surface area contributed by atoms with Gasteiger partial charge in [-0.1, -0.05) is 12.2 Å². The van der Waals surface area contributed by atoms with Crippen LogP contribution in [0.2, 0.25) is 0 Å². The lowest BCUT2D eigenvalue weighted by Gasteiger charge is -2.17. The highest BCUT2D eigenvalue weighted by atomic mass is 16.3. The smallest absolute Gasteiger partial charge is 0.243 e. The molecule has 1 heterocycles. The normalized spacial score (nSPS) is 12.7. The standard InChI is InChI=1S/C16H26N4O2/c1-11(2)9-17-16(18-10-15(21)20(5)6)19-13(4)14-8-7-12(3)22-14/h7-8,13H,1,9-10H2,2-6H3,(H2,17,18,19). The number of nitrogens with one attached hydrogen (secondary N) is 2. The lowest BCUT2D eigenvalue weighted by Crippen LogP contribution is -2.40. The molecule has 1 aromatic rings. The van der Waals surface area contributed by atoms with Gasteiger partial charge >= 0.3 is 0 Å². The highest BCUT2D eigenvalue weighted by molar-refractivity contribution is 5.85. The van der Waals surface area contributed by atoms with Gasteiger partial charge in [0.15, 0.2) is 5.96 Å². The summed E-state index contributed by atoms with van der Waals surface area (Å²) in [6, 6.07) is 3.79. The molecule has 1 unspecified atom stereocenters. The van der Waals surface area contributed by atoms with Gasteiger partial charge < -0.3 is 20.0 Å². The summed E-state index contributed by atoms with van der Waals surface area (Å²) in [4.78, 5) is 17.5. The number of likely N-dealkylation sites (N-methyl/N-ethyl adjacent to an activating group) is 1. The van der Waals surface area contributed by atoms with Crippen LogP contribution in [0.1, 0.15) is 31.4 Å². The first kappa shape index (κ1) is 17.8. The zero-order chi connectivity index (χ0) is 16.7. The van der Waals surface area contributed by atoms with Crippen molar-refractivity contribution in [3.8, 4) is 0 Å². The molecule has 122 valence electrons. The van der Waals surface area contributed by atoms with Gasteiger partial charge in [-0.2, -0.15) is 0 Å². The number of hydrogen-bond donors (Lipinski definition) is 2. The van der Waals surface area contributed by atoms with Gasteiger partial charge in [-0.05, 0) is 32.9 Å². The SMILES string of the molecule is C=C(C)CNC(=NCC(=O)N(C)C)NC(C)c1ccc(C)o1. The van der Waals surface area contributed by atoms with Gasteiger partial charge in [-0.15, -0.1) is 0 Å². The number of aliphatic imine (C=N–C) groups is 1. The number of carbonyl (C=O) groups is 1. The maximum absolute atomic E-state index is 11.7. The van der Waals surface area contributed by atoms with Crippen molar-refractivity contribution in [3.63, 3.8) is 0 Å². The van der Waals surface area contributed by atoms with Crippen LogP contribution in [-0.2, 0) is 4.79 Å². The fraction of sp³-hybridized carbons (Fsp3) is 0.500. The highest BCUT2D eigenvalue weighted by Gasteiger charge is 2.12. The van der Waals surface area contributed by atoms with E-state index in [-0.39, 0.29) is 18.5 Å². The molecule has 22 heavy (non-hydrogen) atoms. The van der Waals surface area contributed by atoms with E-state index in [2.05, 4.69) is 22.2 Å². The first-order valence-corrected chi connectivity index (χ1v) is 7.25. The molecule has 2 N–H and O–H groups in total. The molecule has 0 aliphatic heterocycles. The Labute approximate surface area is 132 Å². The summed E-state index contributed by atoms with van der Waals surface area (Å²) in [5.41, 5.74) is 0.981. The van der Waals surface area contributed by atoms with Crippen LogP contribution in [0.15, 0.2) is 33.7 Å². The van der Waals surface area contributed by atoms with Gasteiger partial charge in [0.1, 0.15) is 18.1 Å². The number of amides is 1. The Morgan fingerprint density at radius 1 is 1.45 bits per heavy atom. The van der Waals surface area contributed by atoms with Gasteiger partial charge in [0, 0.05) is 20.6 Å². The molecule has 0 spiro atoms. The topological polar surface area (TPSA) is 69.9 Å². The minimum absolute atomic E-state index is 0.0560. The van der Waals surface area contributed by atoms with Crippen molar-refractivity contribution in [2.24, 2.45) is 4.99 Å². The van der Waals surface area contributed by atoms with E-state index in [0.717, 1.165) is 17.1 Å². The summed E-state index contributed by atoms with van der Waals surface area (Å²) in [5, 5.41) is 6.38. The van der Waals surface area contributed by atoms with Crippen LogP contribution in [0.5, 0.6) is 0 Å². The third-order valence-electron chi connectivity index (χ3n) is 2.97. The molecule has 0 bridgehead atoms. The van der Waals surface area contributed by atoms with Crippen LogP contribution >= 0.6 is 0 Å². The predicted octanol–water partition coefficient (Wildman–Crippen LogP) is 1.85. The van der Waals surface area contributed by atoms with E-state index in [4.69, 9.17) is 4.42 Å². The summed E-state index contributed by atoms with van der Waals surface area (Å²) in [5.74, 6) is 2.18. The molecule has 0 aromatic carbocycles. The summed E-state index contributed by atoms with van der Waals surface area (Å²) in [6.07, 6.45) is 0. The number of guanidine groups is 1. The van der Waals surface area contributed by atoms with E-state index in [0.29, 0.717) is 12.5 Å². The molecule has 0 saturated carbocycles. The number of aryl methyl sites for hydroxylation is 1. The average Bonchev–Trinajstić information content (AvgIpc) is 2.87. The first-order valence-electron chi connectivity index (χ1n) is 7.25. The number of carbonyl (C=O) groups excluding carboxylic acids is 1. The van der Waals surface area contributed by atoms with Gasteiger partial charge in [-0.25, -0.2) is 4.99 Å². The molecule has 0 aliphatic carbocycles. The van der Waals surface area contributed by atoms with Crippen molar-refractivity contribution in [3.05, 3.63) is 35.8 Å². The van der Waals surface area contributed by atoms with Crippen molar-refractivity contribution in [2.45, 2.75) is 26.8 Å². The van der Waals surface area contributed by atoms with E-state index >= 15 is 0 Å². The van der Waals surface area contributed by atoms with E-state index in [1.165, 1.54) is 4.90 Å². The molecule has 1 amide bonds. The Kier molecular flexibility index (Phi) is 6.69. The maximum atomic E-state index is 11.7. The maximum Gasteiger partial charge on any atom is 0.243 e. The van der Waals surface area contributed by atoms with E-state index in [1.54, 1.807) is 14.1 Å². The summed E-state index contributed by atoms with van der Waals surface area (Å²) >= 11 is 0. The fourth-order valence-electron chi connectivity index (χ4n) is 1.64. The van der Waals surface area contributed by atoms with E-state index in [9.17, 15) is 4.79 Å². The average molecular weight is 306 g/mol. The summed E-state index contributed by atoms with van der Waals surface area (Å²) in [7, 11) is 3.42. The molecule has 6 nitrogen and oxygen atoms in total. The Morgan fingerprint density at radius 2 is 2.14 bits per heavy atom. The lowest BCUT2D eigenvalue weighted by molar-refractivity contribution is -0.127. The Balaban J connectivity index is 2.74. The molecular formula is C16H26N4O2. The lowest BCUT2D eigenvalue weighted by atomic mass is 10.2. The second-order valence-electron chi connectivity index (χ2n) is 5.58. The molecule has 0 saturated heterocycles. The minimum atomic E-state index is -0.0575. The quantitative estimate of drug-likeness (QED) is 0.478. The number of furan rings is 1. The molecule has 0 fully saturated rings. The third kappa shape index (κ3) is 6.03. The number of rotatable bonds is 6. The Hall–Kier alpha value is -2.24. The Bertz CT molecular complexity index is 546. The van der Waals surface area contributed by atoms with E-state index in [1.807, 2.05) is 32.9 Å². The summed E-state index contributed by atoms with van der Waals surface area (Å²) in [6.45, 7) is 10.3. The van der Waals surface area contributed by atoms with E-state index < -0.39 is 0 Å². The van der Waals surface area contributed by atoms with Crippen LogP contribution in [0.4, 0.5) is 0 Å². The van der Waals surface area contributed by atoms with Crippen molar-refractivity contribution >= 4 is 11.9 Å². The molecular weight excluding hydrogens is 280 g/mol. The number of nitrogens with zero attached hydrogens (tertiary/aromatic N) is 2. The van der Waals surface area contributed by atoms with Crippen molar-refractivity contribution in [2.75, 3.05) is 27.2 Å². The third-order valence-corrected chi connectivity index (χ3v) is 2.97. The second kappa shape index (κ2) is 8.26. The Morgan fingerprint density at radius 3 is 2.64 bits per heavy atom. The zero-order valence-electron chi connectivity index (χ0n) is 14.1. The number of hydrogen-bond acceptors (Lipinski definition) is 3. The molecule has 1 atom stereocenters. The fourth-order valence-corrected chi connectivity index (χ4v) is 1.64. The van der Waals surface area contributed by atoms with Gasteiger partial charge in [0.2, 0.25) is 5.91 Å². The summed E-state index contributed by atoms with van der Waals surface area (Å²) < 4.78 is 5.60. The molecule has 1 rings (SSSR count). The van der Waals surface area contributed by atoms with Crippen molar-refractivity contribution < 1.29 is 9.21 Å². The largest absolute Gasteiger partial charge is 0.464 e. The molecule has 0 aliphatic rings. The predicted molar refractivity (Wildman–Crippen MR) is 88.8 cm³/mol. The van der Waals surface area contributed by atoms with Crippen LogP contribution in [-0.4, -0.2) is 44.0 Å². The van der Waals surface area contributed by atoms with Crippen LogP contribution in [0, 0.1) is 6.92 Å². The van der Waals surface area contributed by atoms with Gasteiger partial charge in [0.05, 0.1) is 6.04 Å². The molecule has 0 radical (unpaired) electrons. The van der Waals surface area contributed by atoms with Crippen LogP contribution in [0.25, 0.3) is 0 Å². The second-order valence-corrected chi connectivity index (χ2v) is 5.58. The molecule has 6 heteroatoms. The van der Waals surface area contributed by atoms with Crippen molar-refractivity contribution in [1.82, 2.24) is 15.5 Å². The van der Waals surface area contributed by atoms with Gasteiger partial charge in [0.25, 0.3) is 0 Å². The minimum Gasteiger partial charge on any atom is -0.464 e. The van der Waals surface area contributed by atoms with Crippen LogP contribution in [0.3, 0.4) is 0 Å². The highest BCUT2D eigenvalue weighted by Crippen LogP contribution is 2.15. The van der Waals surface area contributed by atoms with Gasteiger partial charge in [-0.3, -0.25) is 4.79 Å². The zero-order valence-corrected chi connectivity index (χ0v) is 14.1. The first-order chi connectivity index (χ1) is 10.3. The van der Waals surface area contributed by atoms with Crippen molar-refractivity contribution in [1.29, 1.82) is 0 Å². The molecule has 1 aromatic heterocycles.